The third-order valence-corrected chi connectivity index (χ3v) is 8.80. The van der Waals surface area contributed by atoms with Crippen molar-refractivity contribution in [1.29, 1.82) is 0 Å². The van der Waals surface area contributed by atoms with Crippen molar-refractivity contribution >= 4 is 21.8 Å². The first-order valence-electron chi connectivity index (χ1n) is 13.3. The molecule has 7 aromatic rings. The molecule has 0 radical (unpaired) electrons. The van der Waals surface area contributed by atoms with Crippen LogP contribution in [0, 0.1) is 0 Å². The summed E-state index contributed by atoms with van der Waals surface area (Å²) < 4.78 is 2.50. The zero-order valence-corrected chi connectivity index (χ0v) is 20.7. The Morgan fingerprint density at radius 1 is 0.395 bits per heavy atom. The Labute approximate surface area is 221 Å². The van der Waals surface area contributed by atoms with Crippen LogP contribution in [0.2, 0.25) is 0 Å². The summed E-state index contributed by atoms with van der Waals surface area (Å²) >= 11 is 0. The van der Waals surface area contributed by atoms with Gasteiger partial charge in [-0.1, -0.05) is 121 Å². The molecule has 0 unspecified atom stereocenters. The predicted octanol–water partition coefficient (Wildman–Crippen LogP) is 9.13. The Morgan fingerprint density at radius 3 is 1.58 bits per heavy atom. The van der Waals surface area contributed by atoms with E-state index in [0.29, 0.717) is 0 Å². The molecule has 1 nitrogen and oxygen atoms in total. The van der Waals surface area contributed by atoms with Crippen LogP contribution in [-0.4, -0.2) is 4.57 Å². The summed E-state index contributed by atoms with van der Waals surface area (Å²) in [6, 6.07) is 51.6. The van der Waals surface area contributed by atoms with Crippen molar-refractivity contribution in [3.8, 4) is 27.9 Å². The minimum absolute atomic E-state index is 0.375. The van der Waals surface area contributed by atoms with Gasteiger partial charge in [0.05, 0.1) is 16.4 Å². The average molecular weight is 482 g/mol. The van der Waals surface area contributed by atoms with E-state index in [1.807, 2.05) is 0 Å². The summed E-state index contributed by atoms with van der Waals surface area (Å²) in [5.41, 5.74) is 14.2. The molecule has 0 aliphatic heterocycles. The van der Waals surface area contributed by atoms with E-state index in [9.17, 15) is 0 Å². The molecular formula is C37H23N. The van der Waals surface area contributed by atoms with Gasteiger partial charge < -0.3 is 4.57 Å². The van der Waals surface area contributed by atoms with Gasteiger partial charge in [-0.3, -0.25) is 0 Å². The number of fused-ring (bicyclic) bond motifs is 14. The Morgan fingerprint density at radius 2 is 0.921 bits per heavy atom. The molecular weight excluding hydrogens is 458 g/mol. The zero-order chi connectivity index (χ0) is 24.8. The van der Waals surface area contributed by atoms with Crippen molar-refractivity contribution in [3.05, 3.63) is 162 Å². The van der Waals surface area contributed by atoms with E-state index >= 15 is 0 Å². The normalized spacial score (nSPS) is 14.0. The molecule has 0 N–H and O–H groups in total. The Balaban J connectivity index is 1.58. The highest BCUT2D eigenvalue weighted by atomic mass is 15.0. The van der Waals surface area contributed by atoms with Crippen molar-refractivity contribution < 1.29 is 0 Å². The molecule has 1 spiro atoms. The third-order valence-electron chi connectivity index (χ3n) is 8.80. The van der Waals surface area contributed by atoms with Crippen molar-refractivity contribution in [2.45, 2.75) is 5.41 Å². The molecule has 0 fully saturated rings. The first-order valence-corrected chi connectivity index (χ1v) is 13.3. The quantitative estimate of drug-likeness (QED) is 0.220. The number of hydrogen-bond donors (Lipinski definition) is 0. The van der Waals surface area contributed by atoms with E-state index in [1.54, 1.807) is 0 Å². The van der Waals surface area contributed by atoms with Crippen LogP contribution in [0.1, 0.15) is 22.3 Å². The van der Waals surface area contributed by atoms with E-state index in [4.69, 9.17) is 0 Å². The lowest BCUT2D eigenvalue weighted by atomic mass is 9.70. The molecule has 0 saturated heterocycles. The number of hydrogen-bond acceptors (Lipinski definition) is 0. The molecule has 176 valence electrons. The van der Waals surface area contributed by atoms with Crippen LogP contribution in [-0.2, 0) is 5.41 Å². The number of benzene rings is 6. The van der Waals surface area contributed by atoms with Gasteiger partial charge in [0.15, 0.2) is 0 Å². The lowest BCUT2D eigenvalue weighted by molar-refractivity contribution is 0.797. The van der Waals surface area contributed by atoms with Gasteiger partial charge in [0.1, 0.15) is 0 Å². The van der Waals surface area contributed by atoms with Crippen molar-refractivity contribution in [2.75, 3.05) is 0 Å². The molecule has 1 aromatic heterocycles. The Bertz CT molecular complexity index is 2010. The number of rotatable bonds is 1. The smallest absolute Gasteiger partial charge is 0.0746 e. The minimum atomic E-state index is -0.375. The van der Waals surface area contributed by atoms with Gasteiger partial charge in [0, 0.05) is 22.0 Å². The molecule has 0 bridgehead atoms. The maximum Gasteiger partial charge on any atom is 0.0746 e. The molecule has 38 heavy (non-hydrogen) atoms. The highest BCUT2D eigenvalue weighted by Crippen LogP contribution is 2.64. The maximum atomic E-state index is 2.50. The summed E-state index contributed by atoms with van der Waals surface area (Å²) in [5.74, 6) is 0. The molecule has 0 amide bonds. The number of nitrogens with zero attached hydrogens (tertiary/aromatic N) is 1. The average Bonchev–Trinajstić information content (AvgIpc) is 3.59. The van der Waals surface area contributed by atoms with Crippen molar-refractivity contribution in [2.24, 2.45) is 0 Å². The van der Waals surface area contributed by atoms with Crippen molar-refractivity contribution in [3.63, 3.8) is 0 Å². The fourth-order valence-corrected chi connectivity index (χ4v) is 7.48. The van der Waals surface area contributed by atoms with Crippen LogP contribution >= 0.6 is 0 Å². The highest BCUT2D eigenvalue weighted by molar-refractivity contribution is 6.14. The molecule has 0 atom stereocenters. The summed E-state index contributed by atoms with van der Waals surface area (Å²) in [4.78, 5) is 0. The third kappa shape index (κ3) is 2.25. The second-order valence-electron chi connectivity index (χ2n) is 10.5. The van der Waals surface area contributed by atoms with E-state index in [1.165, 1.54) is 72.0 Å². The van der Waals surface area contributed by atoms with E-state index < -0.39 is 0 Å². The zero-order valence-electron chi connectivity index (χ0n) is 20.7. The van der Waals surface area contributed by atoms with Gasteiger partial charge in [0.2, 0.25) is 0 Å². The summed E-state index contributed by atoms with van der Waals surface area (Å²) in [7, 11) is 0. The molecule has 1 heterocycles. The summed E-state index contributed by atoms with van der Waals surface area (Å²) in [6.45, 7) is 0. The monoisotopic (exact) mass is 481 g/mol. The topological polar surface area (TPSA) is 4.93 Å². The van der Waals surface area contributed by atoms with Gasteiger partial charge in [-0.05, 0) is 57.1 Å². The first kappa shape index (κ1) is 20.2. The minimum Gasteiger partial charge on any atom is -0.309 e. The number of aromatic nitrogens is 1. The summed E-state index contributed by atoms with van der Waals surface area (Å²) in [5, 5.41) is 2.59. The van der Waals surface area contributed by atoms with Gasteiger partial charge in [-0.2, -0.15) is 0 Å². The van der Waals surface area contributed by atoms with Crippen LogP contribution in [0.25, 0.3) is 49.7 Å². The standard InChI is InChI=1S/C37H23N/c1-2-12-24(13-3-1)38-34-21-11-7-17-28(34)30-23-22-29-27-16-6-10-20-33(27)37(35(29)36(30)38)31-18-8-4-14-25(31)26-15-5-9-19-32(26)37/h1-23H. The van der Waals surface area contributed by atoms with E-state index in [2.05, 4.69) is 144 Å². The Hall–Kier alpha value is -4.88. The van der Waals surface area contributed by atoms with Crippen LogP contribution in [0.4, 0.5) is 0 Å². The van der Waals surface area contributed by atoms with Gasteiger partial charge >= 0.3 is 0 Å². The van der Waals surface area contributed by atoms with Crippen molar-refractivity contribution in [1.82, 2.24) is 4.57 Å². The van der Waals surface area contributed by atoms with Crippen LogP contribution in [0.5, 0.6) is 0 Å². The SMILES string of the molecule is c1ccc(-n2c3ccccc3c3ccc4c(c32)C2(c3ccccc3-c3ccccc32)c2ccccc2-4)cc1. The lowest BCUT2D eigenvalue weighted by Gasteiger charge is -2.31. The maximum absolute atomic E-state index is 2.50. The van der Waals surface area contributed by atoms with Crippen LogP contribution < -0.4 is 0 Å². The molecule has 2 aliphatic carbocycles. The predicted molar refractivity (Wildman–Crippen MR) is 157 cm³/mol. The molecule has 2 aliphatic rings. The van der Waals surface area contributed by atoms with Gasteiger partial charge in [0.25, 0.3) is 0 Å². The molecule has 0 saturated carbocycles. The summed E-state index contributed by atoms with van der Waals surface area (Å²) in [6.07, 6.45) is 0. The highest BCUT2D eigenvalue weighted by Gasteiger charge is 2.52. The van der Waals surface area contributed by atoms with Crippen LogP contribution in [0.15, 0.2) is 140 Å². The fraction of sp³-hybridized carbons (Fsp3) is 0.0270. The largest absolute Gasteiger partial charge is 0.309 e. The molecule has 9 rings (SSSR count). The van der Waals surface area contributed by atoms with E-state index in [0.717, 1.165) is 0 Å². The van der Waals surface area contributed by atoms with E-state index in [-0.39, 0.29) is 5.41 Å². The Kier molecular flexibility index (Phi) is 3.78. The molecule has 6 aromatic carbocycles. The lowest BCUT2D eigenvalue weighted by Crippen LogP contribution is -2.26. The fourth-order valence-electron chi connectivity index (χ4n) is 7.48. The van der Waals surface area contributed by atoms with Gasteiger partial charge in [-0.15, -0.1) is 0 Å². The second-order valence-corrected chi connectivity index (χ2v) is 10.5. The first-order chi connectivity index (χ1) is 18.9. The molecule has 1 heteroatoms. The number of para-hydroxylation sites is 2. The van der Waals surface area contributed by atoms with Crippen LogP contribution in [0.3, 0.4) is 0 Å². The second kappa shape index (κ2) is 7.12. The van der Waals surface area contributed by atoms with Gasteiger partial charge in [-0.25, -0.2) is 0 Å².